The quantitative estimate of drug-likeness (QED) is 0.0454. The predicted octanol–water partition coefficient (Wildman–Crippen LogP) is 16.1. The Kier molecular flexibility index (Phi) is 39.4. The van der Waals surface area contributed by atoms with Gasteiger partial charge in [0.15, 0.2) is 0 Å². The number of carbonyl (C=O) groups is 2. The van der Waals surface area contributed by atoms with Crippen molar-refractivity contribution in [3.05, 3.63) is 0 Å². The van der Waals surface area contributed by atoms with Crippen LogP contribution in [0.5, 0.6) is 0 Å². The summed E-state index contributed by atoms with van der Waals surface area (Å²) in [6, 6.07) is 0. The third-order valence-electron chi connectivity index (χ3n) is 13.2. The van der Waals surface area contributed by atoms with Gasteiger partial charge in [0.25, 0.3) is 0 Å². The van der Waals surface area contributed by atoms with Crippen molar-refractivity contribution in [3.63, 3.8) is 0 Å². The lowest BCUT2D eigenvalue weighted by Gasteiger charge is -2.18. The first-order valence-corrected chi connectivity index (χ1v) is 26.1. The van der Waals surface area contributed by atoms with Crippen LogP contribution in [0.2, 0.25) is 0 Å². The van der Waals surface area contributed by atoms with Crippen LogP contribution in [0.4, 0.5) is 0 Å². The van der Waals surface area contributed by atoms with Crippen LogP contribution in [0.1, 0.15) is 272 Å². The van der Waals surface area contributed by atoms with Crippen LogP contribution >= 0.6 is 0 Å². The van der Waals surface area contributed by atoms with E-state index in [2.05, 4.69) is 32.6 Å². The maximum absolute atomic E-state index is 12.4. The van der Waals surface area contributed by atoms with Crippen LogP contribution in [-0.4, -0.2) is 49.7 Å². The Morgan fingerprint density at radius 2 is 0.684 bits per heavy atom. The highest BCUT2D eigenvalue weighted by atomic mass is 16.5. The van der Waals surface area contributed by atoms with Crippen molar-refractivity contribution in [3.8, 4) is 0 Å². The number of ether oxygens (including phenoxy) is 2. The van der Waals surface area contributed by atoms with Gasteiger partial charge in [-0.05, 0) is 82.3 Å². The first-order chi connectivity index (χ1) is 28.0. The predicted molar refractivity (Wildman–Crippen MR) is 247 cm³/mol. The number of esters is 2. The molecule has 338 valence electrons. The minimum absolute atomic E-state index is 0.0234. The summed E-state index contributed by atoms with van der Waals surface area (Å²) in [5.74, 6) is 2.36. The van der Waals surface area contributed by atoms with Gasteiger partial charge in [0.05, 0.1) is 13.2 Å². The van der Waals surface area contributed by atoms with Gasteiger partial charge >= 0.3 is 11.9 Å². The van der Waals surface area contributed by atoms with Crippen LogP contribution in [-0.2, 0) is 19.1 Å². The Hall–Kier alpha value is -1.10. The van der Waals surface area contributed by atoms with Gasteiger partial charge < -0.3 is 14.4 Å². The molecule has 1 aliphatic rings. The van der Waals surface area contributed by atoms with Gasteiger partial charge in [-0.2, -0.15) is 0 Å². The van der Waals surface area contributed by atoms with E-state index in [1.807, 2.05) is 0 Å². The standard InChI is InChI=1S/C52H101NO4/c1-5-9-20-32-49(33-21-10-6-2)41-46-56-51(54)39-27-17-13-15-24-36-48(38-26-19-29-43-53-44-30-31-45-53)37-25-16-14-18-28-40-52(55)57-47-42-50(34-22-11-7-3)35-23-12-8-4/h48-50H,5-47H2,1-4H3. The summed E-state index contributed by atoms with van der Waals surface area (Å²) < 4.78 is 11.4. The first kappa shape index (κ1) is 53.9. The molecule has 1 fully saturated rings. The second-order valence-corrected chi connectivity index (χ2v) is 18.6. The molecule has 5 nitrogen and oxygen atoms in total. The summed E-state index contributed by atoms with van der Waals surface area (Å²) in [6.07, 6.45) is 47.2. The normalized spacial score (nSPS) is 13.5. The fourth-order valence-corrected chi connectivity index (χ4v) is 9.27. The zero-order chi connectivity index (χ0) is 41.3. The highest BCUT2D eigenvalue weighted by Crippen LogP contribution is 2.26. The number of nitrogens with zero attached hydrogens (tertiary/aromatic N) is 1. The summed E-state index contributed by atoms with van der Waals surface area (Å²) >= 11 is 0. The molecule has 0 aromatic carbocycles. The summed E-state index contributed by atoms with van der Waals surface area (Å²) in [7, 11) is 0. The topological polar surface area (TPSA) is 55.8 Å². The molecule has 0 aromatic heterocycles. The maximum atomic E-state index is 12.4. The maximum Gasteiger partial charge on any atom is 0.305 e. The molecule has 0 amide bonds. The van der Waals surface area contributed by atoms with Crippen molar-refractivity contribution in [1.29, 1.82) is 0 Å². The van der Waals surface area contributed by atoms with Crippen molar-refractivity contribution >= 4 is 11.9 Å². The summed E-state index contributed by atoms with van der Waals surface area (Å²) in [4.78, 5) is 27.5. The van der Waals surface area contributed by atoms with Crippen LogP contribution < -0.4 is 0 Å². The Balaban J connectivity index is 2.24. The first-order valence-electron chi connectivity index (χ1n) is 26.1. The molecule has 0 aliphatic carbocycles. The molecule has 1 heterocycles. The van der Waals surface area contributed by atoms with Gasteiger partial charge in [-0.25, -0.2) is 0 Å². The second kappa shape index (κ2) is 41.6. The number of rotatable bonds is 44. The molecule has 0 bridgehead atoms. The van der Waals surface area contributed by atoms with E-state index < -0.39 is 0 Å². The lowest BCUT2D eigenvalue weighted by Crippen LogP contribution is -2.20. The van der Waals surface area contributed by atoms with Crippen molar-refractivity contribution < 1.29 is 19.1 Å². The van der Waals surface area contributed by atoms with E-state index in [1.54, 1.807) is 0 Å². The Morgan fingerprint density at radius 1 is 0.386 bits per heavy atom. The number of hydrogen-bond donors (Lipinski definition) is 0. The van der Waals surface area contributed by atoms with Gasteiger partial charge in [0.2, 0.25) is 0 Å². The molecule has 1 saturated heterocycles. The van der Waals surface area contributed by atoms with E-state index in [1.165, 1.54) is 212 Å². The van der Waals surface area contributed by atoms with Gasteiger partial charge in [0, 0.05) is 12.8 Å². The molecular weight excluding hydrogens is 703 g/mol. The second-order valence-electron chi connectivity index (χ2n) is 18.6. The lowest BCUT2D eigenvalue weighted by molar-refractivity contribution is -0.145. The van der Waals surface area contributed by atoms with Gasteiger partial charge in [-0.15, -0.1) is 0 Å². The molecule has 0 saturated carbocycles. The monoisotopic (exact) mass is 804 g/mol. The molecule has 0 atom stereocenters. The van der Waals surface area contributed by atoms with Crippen molar-refractivity contribution in [1.82, 2.24) is 4.90 Å². The fraction of sp³-hybridized carbons (Fsp3) is 0.962. The Morgan fingerprint density at radius 3 is 1.05 bits per heavy atom. The molecule has 0 spiro atoms. The third kappa shape index (κ3) is 35.4. The van der Waals surface area contributed by atoms with Gasteiger partial charge in [0.1, 0.15) is 0 Å². The van der Waals surface area contributed by atoms with Gasteiger partial charge in [-0.3, -0.25) is 9.59 Å². The number of hydrogen-bond acceptors (Lipinski definition) is 5. The average molecular weight is 804 g/mol. The number of unbranched alkanes of at least 4 members (excludes halogenated alkanes) is 18. The van der Waals surface area contributed by atoms with E-state index >= 15 is 0 Å². The molecule has 1 aliphatic heterocycles. The Bertz CT molecular complexity index is 781. The van der Waals surface area contributed by atoms with E-state index in [-0.39, 0.29) is 11.9 Å². The average Bonchev–Trinajstić information content (AvgIpc) is 3.73. The van der Waals surface area contributed by atoms with Gasteiger partial charge in [-0.1, -0.05) is 214 Å². The lowest BCUT2D eigenvalue weighted by atomic mass is 9.89. The number of carbonyl (C=O) groups excluding carboxylic acids is 2. The fourth-order valence-electron chi connectivity index (χ4n) is 9.27. The van der Waals surface area contributed by atoms with Crippen LogP contribution in [0.3, 0.4) is 0 Å². The van der Waals surface area contributed by atoms with Crippen molar-refractivity contribution in [2.24, 2.45) is 17.8 Å². The minimum atomic E-state index is 0.0234. The largest absolute Gasteiger partial charge is 0.466 e. The van der Waals surface area contributed by atoms with Crippen LogP contribution in [0, 0.1) is 17.8 Å². The number of likely N-dealkylation sites (tertiary alicyclic amines) is 1. The van der Waals surface area contributed by atoms with E-state index in [0.29, 0.717) is 26.1 Å². The molecule has 0 aromatic rings. The molecule has 0 N–H and O–H groups in total. The highest BCUT2D eigenvalue weighted by molar-refractivity contribution is 5.69. The third-order valence-corrected chi connectivity index (χ3v) is 13.2. The minimum Gasteiger partial charge on any atom is -0.466 e. The Labute approximate surface area is 357 Å². The molecule has 0 unspecified atom stereocenters. The zero-order valence-corrected chi connectivity index (χ0v) is 39.2. The van der Waals surface area contributed by atoms with Crippen molar-refractivity contribution in [2.75, 3.05) is 32.8 Å². The SMILES string of the molecule is CCCCCC(CCCCC)CCOC(=O)CCCCCCCC(CCCCCCCC(=O)OCCC(CCCCC)CCCCC)CCCCCN1CCCC1. The summed E-state index contributed by atoms with van der Waals surface area (Å²) in [6.45, 7) is 14.3. The van der Waals surface area contributed by atoms with Crippen LogP contribution in [0.15, 0.2) is 0 Å². The molecule has 0 radical (unpaired) electrons. The van der Waals surface area contributed by atoms with E-state index in [4.69, 9.17) is 9.47 Å². The smallest absolute Gasteiger partial charge is 0.305 e. The molecule has 5 heteroatoms. The summed E-state index contributed by atoms with van der Waals surface area (Å²) in [5.41, 5.74) is 0. The highest BCUT2D eigenvalue weighted by Gasteiger charge is 2.14. The molecule has 1 rings (SSSR count). The van der Waals surface area contributed by atoms with E-state index in [0.717, 1.165) is 56.3 Å². The van der Waals surface area contributed by atoms with Crippen molar-refractivity contribution in [2.45, 2.75) is 272 Å². The zero-order valence-electron chi connectivity index (χ0n) is 39.2. The summed E-state index contributed by atoms with van der Waals surface area (Å²) in [5, 5.41) is 0. The van der Waals surface area contributed by atoms with E-state index in [9.17, 15) is 9.59 Å². The molecular formula is C52H101NO4. The van der Waals surface area contributed by atoms with Crippen LogP contribution in [0.25, 0.3) is 0 Å². The molecule has 57 heavy (non-hydrogen) atoms.